The van der Waals surface area contributed by atoms with Crippen molar-refractivity contribution in [2.45, 2.75) is 13.3 Å². The summed E-state index contributed by atoms with van der Waals surface area (Å²) in [5.74, 6) is -0.455. The number of hydrogen-bond acceptors (Lipinski definition) is 3. The maximum absolute atomic E-state index is 14.5. The molecule has 1 aromatic heterocycles. The van der Waals surface area contributed by atoms with E-state index >= 15 is 0 Å². The number of aryl methyl sites for hydroxylation is 1. The lowest BCUT2D eigenvalue weighted by Crippen LogP contribution is -2.26. The van der Waals surface area contributed by atoms with E-state index in [1.807, 2.05) is 13.0 Å². The van der Waals surface area contributed by atoms with Gasteiger partial charge in [0, 0.05) is 17.1 Å². The highest BCUT2D eigenvalue weighted by molar-refractivity contribution is 6.32. The van der Waals surface area contributed by atoms with Crippen LogP contribution in [0.15, 0.2) is 30.3 Å². The Balaban J connectivity index is 1.89. The molecule has 3 aromatic rings. The summed E-state index contributed by atoms with van der Waals surface area (Å²) in [6.45, 7) is 2.84. The van der Waals surface area contributed by atoms with Crippen LogP contribution in [0, 0.1) is 12.7 Å². The number of aromatic amines is 1. The topological polar surface area (TPSA) is 83.8 Å². The standard InChI is InChI=1S/C18H18ClFN4O/c1-10-7-15-16(9-13(10)19)24-17(23-15)12-4-3-11(8-14(12)20)18(25)22-6-2-5-21/h3-4,7-9H,2,5-6,21H2,1H3,(H,22,25)(H,23,24). The molecule has 2 aromatic carbocycles. The Labute approximate surface area is 149 Å². The van der Waals surface area contributed by atoms with Gasteiger partial charge in [-0.05, 0) is 55.8 Å². The van der Waals surface area contributed by atoms with E-state index in [-0.39, 0.29) is 11.5 Å². The molecule has 0 atom stereocenters. The molecule has 7 heteroatoms. The summed E-state index contributed by atoms with van der Waals surface area (Å²) in [4.78, 5) is 19.5. The summed E-state index contributed by atoms with van der Waals surface area (Å²) in [7, 11) is 0. The van der Waals surface area contributed by atoms with Gasteiger partial charge in [0.15, 0.2) is 0 Å². The van der Waals surface area contributed by atoms with Gasteiger partial charge in [-0.1, -0.05) is 11.6 Å². The second-order valence-corrected chi connectivity index (χ2v) is 6.20. The van der Waals surface area contributed by atoms with Crippen LogP contribution in [0.4, 0.5) is 4.39 Å². The van der Waals surface area contributed by atoms with Gasteiger partial charge in [0.2, 0.25) is 0 Å². The van der Waals surface area contributed by atoms with Crippen LogP contribution in [0.2, 0.25) is 5.02 Å². The van der Waals surface area contributed by atoms with E-state index in [9.17, 15) is 9.18 Å². The van der Waals surface area contributed by atoms with Crippen molar-refractivity contribution in [1.29, 1.82) is 0 Å². The molecule has 0 aliphatic rings. The van der Waals surface area contributed by atoms with Crippen LogP contribution < -0.4 is 11.1 Å². The fourth-order valence-electron chi connectivity index (χ4n) is 2.52. The molecule has 4 N–H and O–H groups in total. The number of H-pyrrole nitrogens is 1. The number of fused-ring (bicyclic) bond motifs is 1. The lowest BCUT2D eigenvalue weighted by molar-refractivity contribution is 0.0953. The molecule has 0 spiro atoms. The number of carbonyl (C=O) groups excluding carboxylic acids is 1. The molecule has 5 nitrogen and oxygen atoms in total. The minimum atomic E-state index is -0.520. The average molecular weight is 361 g/mol. The van der Waals surface area contributed by atoms with Crippen molar-refractivity contribution >= 4 is 28.5 Å². The van der Waals surface area contributed by atoms with Gasteiger partial charge in [-0.15, -0.1) is 0 Å². The highest BCUT2D eigenvalue weighted by Crippen LogP contribution is 2.27. The third-order valence-corrected chi connectivity index (χ3v) is 4.32. The Morgan fingerprint density at radius 3 is 2.88 bits per heavy atom. The molecule has 0 aliphatic heterocycles. The fourth-order valence-corrected chi connectivity index (χ4v) is 2.68. The van der Waals surface area contributed by atoms with E-state index in [0.717, 1.165) is 11.1 Å². The maximum atomic E-state index is 14.5. The van der Waals surface area contributed by atoms with E-state index in [4.69, 9.17) is 17.3 Å². The van der Waals surface area contributed by atoms with E-state index in [1.165, 1.54) is 6.07 Å². The van der Waals surface area contributed by atoms with E-state index in [2.05, 4.69) is 15.3 Å². The Hall–Kier alpha value is -2.44. The Bertz CT molecular complexity index is 899. The zero-order valence-corrected chi connectivity index (χ0v) is 14.5. The van der Waals surface area contributed by atoms with E-state index in [1.54, 1.807) is 18.2 Å². The minimum Gasteiger partial charge on any atom is -0.352 e. The van der Waals surface area contributed by atoms with Crippen LogP contribution >= 0.6 is 11.6 Å². The number of aromatic nitrogens is 2. The molecule has 130 valence electrons. The second-order valence-electron chi connectivity index (χ2n) is 5.80. The Morgan fingerprint density at radius 2 is 2.16 bits per heavy atom. The Kier molecular flexibility index (Phi) is 5.01. The van der Waals surface area contributed by atoms with E-state index in [0.29, 0.717) is 41.4 Å². The van der Waals surface area contributed by atoms with Gasteiger partial charge in [-0.3, -0.25) is 4.79 Å². The largest absolute Gasteiger partial charge is 0.352 e. The monoisotopic (exact) mass is 360 g/mol. The number of imidazole rings is 1. The summed E-state index contributed by atoms with van der Waals surface area (Å²) in [5.41, 5.74) is 8.28. The molecule has 1 amide bonds. The third-order valence-electron chi connectivity index (χ3n) is 3.92. The summed E-state index contributed by atoms with van der Waals surface area (Å²) in [6.07, 6.45) is 0.674. The number of carbonyl (C=O) groups is 1. The van der Waals surface area contributed by atoms with Gasteiger partial charge in [0.1, 0.15) is 11.6 Å². The highest BCUT2D eigenvalue weighted by atomic mass is 35.5. The van der Waals surface area contributed by atoms with Crippen LogP contribution in [-0.2, 0) is 0 Å². The fraction of sp³-hybridized carbons (Fsp3) is 0.222. The first kappa shape index (κ1) is 17.4. The highest BCUT2D eigenvalue weighted by Gasteiger charge is 2.14. The molecule has 0 saturated carbocycles. The van der Waals surface area contributed by atoms with Gasteiger partial charge in [-0.2, -0.15) is 0 Å². The van der Waals surface area contributed by atoms with Crippen LogP contribution in [0.25, 0.3) is 22.4 Å². The average Bonchev–Trinajstić information content (AvgIpc) is 2.97. The molecule has 0 fully saturated rings. The minimum absolute atomic E-state index is 0.258. The smallest absolute Gasteiger partial charge is 0.251 e. The number of rotatable bonds is 5. The quantitative estimate of drug-likeness (QED) is 0.610. The van der Waals surface area contributed by atoms with Gasteiger partial charge in [-0.25, -0.2) is 9.37 Å². The Morgan fingerprint density at radius 1 is 1.36 bits per heavy atom. The summed E-state index contributed by atoms with van der Waals surface area (Å²) in [5, 5.41) is 3.30. The van der Waals surface area contributed by atoms with Crippen molar-refractivity contribution < 1.29 is 9.18 Å². The molecule has 3 rings (SSSR count). The van der Waals surface area contributed by atoms with Crippen molar-refractivity contribution in [1.82, 2.24) is 15.3 Å². The first-order chi connectivity index (χ1) is 12.0. The number of nitrogens with one attached hydrogen (secondary N) is 2. The normalized spacial score (nSPS) is 11.0. The first-order valence-corrected chi connectivity index (χ1v) is 8.31. The van der Waals surface area contributed by atoms with Gasteiger partial charge < -0.3 is 16.0 Å². The predicted molar refractivity (Wildman–Crippen MR) is 97.2 cm³/mol. The number of hydrogen-bond donors (Lipinski definition) is 3. The second kappa shape index (κ2) is 7.21. The zero-order chi connectivity index (χ0) is 18.0. The predicted octanol–water partition coefficient (Wildman–Crippen LogP) is 3.41. The number of halogens is 2. The number of nitrogens with two attached hydrogens (primary N) is 1. The molecule has 0 aliphatic carbocycles. The van der Waals surface area contributed by atoms with Crippen LogP contribution in [0.1, 0.15) is 22.3 Å². The van der Waals surface area contributed by atoms with Crippen LogP contribution in [0.5, 0.6) is 0 Å². The number of nitrogens with zero attached hydrogens (tertiary/aromatic N) is 1. The SMILES string of the molecule is Cc1cc2[nH]c(-c3ccc(C(=O)NCCCN)cc3F)nc2cc1Cl. The van der Waals surface area contributed by atoms with Crippen LogP contribution in [-0.4, -0.2) is 29.0 Å². The van der Waals surface area contributed by atoms with Crippen LogP contribution in [0.3, 0.4) is 0 Å². The molecule has 25 heavy (non-hydrogen) atoms. The first-order valence-electron chi connectivity index (χ1n) is 7.93. The molecular formula is C18H18ClFN4O. The zero-order valence-electron chi connectivity index (χ0n) is 13.7. The number of benzene rings is 2. The summed E-state index contributed by atoms with van der Waals surface area (Å²) >= 11 is 6.10. The van der Waals surface area contributed by atoms with Crippen molar-refractivity contribution in [3.63, 3.8) is 0 Å². The lowest BCUT2D eigenvalue weighted by Gasteiger charge is -2.06. The van der Waals surface area contributed by atoms with E-state index < -0.39 is 5.82 Å². The third kappa shape index (κ3) is 3.65. The van der Waals surface area contributed by atoms with Gasteiger partial charge >= 0.3 is 0 Å². The van der Waals surface area contributed by atoms with Crippen molar-refractivity contribution in [2.75, 3.05) is 13.1 Å². The molecule has 0 unspecified atom stereocenters. The number of amides is 1. The molecule has 0 saturated heterocycles. The summed E-state index contributed by atoms with van der Waals surface area (Å²) < 4.78 is 14.5. The van der Waals surface area contributed by atoms with Gasteiger partial charge in [0.05, 0.1) is 16.6 Å². The molecule has 1 heterocycles. The molecular weight excluding hydrogens is 343 g/mol. The maximum Gasteiger partial charge on any atom is 0.251 e. The molecule has 0 radical (unpaired) electrons. The van der Waals surface area contributed by atoms with Crippen molar-refractivity contribution in [3.05, 3.63) is 52.3 Å². The van der Waals surface area contributed by atoms with Crippen molar-refractivity contribution in [2.24, 2.45) is 5.73 Å². The summed E-state index contributed by atoms with van der Waals surface area (Å²) in [6, 6.07) is 7.92. The molecule has 0 bridgehead atoms. The van der Waals surface area contributed by atoms with Gasteiger partial charge in [0.25, 0.3) is 5.91 Å². The lowest BCUT2D eigenvalue weighted by atomic mass is 10.1. The van der Waals surface area contributed by atoms with Crippen molar-refractivity contribution in [3.8, 4) is 11.4 Å².